The highest BCUT2D eigenvalue weighted by Gasteiger charge is 2.41. The minimum absolute atomic E-state index is 0.188. The van der Waals surface area contributed by atoms with Crippen LogP contribution in [0.1, 0.15) is 5.69 Å². The standard InChI is InChI=1S/C12H10Cl2N2O2/c1-18-12(5-3-2-4-8(12)7-17)11-9(13)6-10(14)15-16-11/h2-8H,1H3. The molecule has 1 aliphatic carbocycles. The normalized spacial score (nSPS) is 26.3. The van der Waals surface area contributed by atoms with Crippen molar-refractivity contribution < 1.29 is 9.53 Å². The molecule has 2 rings (SSSR count). The van der Waals surface area contributed by atoms with Crippen LogP contribution >= 0.6 is 23.2 Å². The molecule has 0 spiro atoms. The van der Waals surface area contributed by atoms with E-state index < -0.39 is 11.5 Å². The van der Waals surface area contributed by atoms with Crippen molar-refractivity contribution in [2.24, 2.45) is 5.92 Å². The van der Waals surface area contributed by atoms with Gasteiger partial charge in [0.1, 0.15) is 17.6 Å². The molecule has 0 aliphatic heterocycles. The lowest BCUT2D eigenvalue weighted by atomic mass is 9.81. The topological polar surface area (TPSA) is 52.1 Å². The smallest absolute Gasteiger partial charge is 0.153 e. The molecule has 94 valence electrons. The molecule has 0 N–H and O–H groups in total. The molecule has 0 bridgehead atoms. The van der Waals surface area contributed by atoms with E-state index in [2.05, 4.69) is 10.2 Å². The predicted molar refractivity (Wildman–Crippen MR) is 68.6 cm³/mol. The Balaban J connectivity index is 2.59. The largest absolute Gasteiger partial charge is 0.367 e. The summed E-state index contributed by atoms with van der Waals surface area (Å²) in [6.45, 7) is 0. The predicted octanol–water partition coefficient (Wildman–Crippen LogP) is 2.57. The van der Waals surface area contributed by atoms with Gasteiger partial charge in [-0.25, -0.2) is 0 Å². The fraction of sp³-hybridized carbons (Fsp3) is 0.250. The molecule has 4 nitrogen and oxygen atoms in total. The molecule has 0 fully saturated rings. The highest BCUT2D eigenvalue weighted by Crippen LogP contribution is 2.39. The van der Waals surface area contributed by atoms with Crippen LogP contribution in [0.2, 0.25) is 10.2 Å². The summed E-state index contributed by atoms with van der Waals surface area (Å²) < 4.78 is 5.49. The Labute approximate surface area is 114 Å². The van der Waals surface area contributed by atoms with Crippen molar-refractivity contribution in [1.82, 2.24) is 10.2 Å². The molecule has 0 saturated carbocycles. The Morgan fingerprint density at radius 3 is 2.78 bits per heavy atom. The molecule has 1 aromatic heterocycles. The average Bonchev–Trinajstić information content (AvgIpc) is 2.38. The van der Waals surface area contributed by atoms with Gasteiger partial charge in [0.05, 0.1) is 10.9 Å². The van der Waals surface area contributed by atoms with Crippen LogP contribution in [0.5, 0.6) is 0 Å². The average molecular weight is 285 g/mol. The quantitative estimate of drug-likeness (QED) is 0.801. The summed E-state index contributed by atoms with van der Waals surface area (Å²) in [4.78, 5) is 11.2. The van der Waals surface area contributed by atoms with Crippen LogP contribution in [-0.2, 0) is 15.1 Å². The molecule has 2 unspecified atom stereocenters. The molecule has 0 radical (unpaired) electrons. The van der Waals surface area contributed by atoms with Crippen molar-refractivity contribution >= 4 is 29.5 Å². The van der Waals surface area contributed by atoms with Crippen LogP contribution in [0.15, 0.2) is 30.4 Å². The number of carbonyl (C=O) groups excluding carboxylic acids is 1. The van der Waals surface area contributed by atoms with E-state index in [1.54, 1.807) is 24.3 Å². The van der Waals surface area contributed by atoms with Gasteiger partial charge in [-0.15, -0.1) is 10.2 Å². The highest BCUT2D eigenvalue weighted by atomic mass is 35.5. The lowest BCUT2D eigenvalue weighted by Crippen LogP contribution is -2.38. The van der Waals surface area contributed by atoms with Crippen molar-refractivity contribution in [3.63, 3.8) is 0 Å². The van der Waals surface area contributed by atoms with Gasteiger partial charge in [0, 0.05) is 7.11 Å². The summed E-state index contributed by atoms with van der Waals surface area (Å²) in [6.07, 6.45) is 7.79. The molecule has 2 atom stereocenters. The van der Waals surface area contributed by atoms with Gasteiger partial charge in [0.2, 0.25) is 0 Å². The molecular formula is C12H10Cl2N2O2. The number of allylic oxidation sites excluding steroid dienone is 2. The van der Waals surface area contributed by atoms with Gasteiger partial charge in [-0.1, -0.05) is 41.4 Å². The number of rotatable bonds is 3. The molecule has 0 aromatic carbocycles. The number of carbonyl (C=O) groups is 1. The van der Waals surface area contributed by atoms with Gasteiger partial charge in [-0.05, 0) is 12.1 Å². The van der Waals surface area contributed by atoms with Crippen molar-refractivity contribution in [1.29, 1.82) is 0 Å². The van der Waals surface area contributed by atoms with Crippen molar-refractivity contribution in [3.05, 3.63) is 46.2 Å². The number of nitrogens with zero attached hydrogens (tertiary/aromatic N) is 2. The van der Waals surface area contributed by atoms with E-state index in [0.717, 1.165) is 6.29 Å². The molecular weight excluding hydrogens is 275 g/mol. The van der Waals surface area contributed by atoms with Crippen LogP contribution in [0.25, 0.3) is 0 Å². The third-order valence-electron chi connectivity index (χ3n) is 2.84. The first-order valence-electron chi connectivity index (χ1n) is 5.19. The van der Waals surface area contributed by atoms with Gasteiger partial charge in [0.25, 0.3) is 0 Å². The molecule has 18 heavy (non-hydrogen) atoms. The first kappa shape index (κ1) is 13.2. The van der Waals surface area contributed by atoms with Crippen molar-refractivity contribution in [2.45, 2.75) is 5.60 Å². The molecule has 1 aromatic rings. The number of hydrogen-bond donors (Lipinski definition) is 0. The zero-order valence-electron chi connectivity index (χ0n) is 9.51. The maximum Gasteiger partial charge on any atom is 0.153 e. The number of ether oxygens (including phenoxy) is 1. The third-order valence-corrected chi connectivity index (χ3v) is 3.31. The lowest BCUT2D eigenvalue weighted by Gasteiger charge is -2.33. The Morgan fingerprint density at radius 1 is 1.39 bits per heavy atom. The van der Waals surface area contributed by atoms with E-state index >= 15 is 0 Å². The fourth-order valence-corrected chi connectivity index (χ4v) is 2.42. The van der Waals surface area contributed by atoms with Crippen molar-refractivity contribution in [3.8, 4) is 0 Å². The zero-order chi connectivity index (χ0) is 13.2. The van der Waals surface area contributed by atoms with Gasteiger partial charge in [0.15, 0.2) is 5.15 Å². The van der Waals surface area contributed by atoms with Crippen LogP contribution in [0.3, 0.4) is 0 Å². The molecule has 1 aliphatic rings. The SMILES string of the molecule is COC1(c2nnc(Cl)cc2Cl)C=CC=CC1C=O. The van der Waals surface area contributed by atoms with E-state index in [9.17, 15) is 4.79 Å². The first-order valence-corrected chi connectivity index (χ1v) is 5.95. The summed E-state index contributed by atoms with van der Waals surface area (Å²) in [5.74, 6) is -0.513. The van der Waals surface area contributed by atoms with Gasteiger partial charge in [-0.3, -0.25) is 0 Å². The lowest BCUT2D eigenvalue weighted by molar-refractivity contribution is -0.117. The number of methoxy groups -OCH3 is 1. The van der Waals surface area contributed by atoms with Gasteiger partial charge < -0.3 is 9.53 Å². The van der Waals surface area contributed by atoms with Crippen LogP contribution < -0.4 is 0 Å². The minimum atomic E-state index is -1.04. The fourth-order valence-electron chi connectivity index (χ4n) is 1.93. The van der Waals surface area contributed by atoms with E-state index in [0.29, 0.717) is 10.7 Å². The van der Waals surface area contributed by atoms with Crippen LogP contribution in [0, 0.1) is 5.92 Å². The van der Waals surface area contributed by atoms with E-state index in [-0.39, 0.29) is 5.15 Å². The number of hydrogen-bond acceptors (Lipinski definition) is 4. The summed E-state index contributed by atoms with van der Waals surface area (Å²) >= 11 is 11.8. The zero-order valence-corrected chi connectivity index (χ0v) is 11.0. The van der Waals surface area contributed by atoms with Crippen LogP contribution in [-0.4, -0.2) is 23.6 Å². The molecule has 6 heteroatoms. The summed E-state index contributed by atoms with van der Waals surface area (Å²) in [5, 5.41) is 8.21. The maximum absolute atomic E-state index is 11.2. The molecule has 0 saturated heterocycles. The maximum atomic E-state index is 11.2. The Kier molecular flexibility index (Phi) is 3.80. The first-order chi connectivity index (χ1) is 8.64. The van der Waals surface area contributed by atoms with E-state index in [4.69, 9.17) is 27.9 Å². The monoisotopic (exact) mass is 284 g/mol. The van der Waals surface area contributed by atoms with Crippen molar-refractivity contribution in [2.75, 3.05) is 7.11 Å². The van der Waals surface area contributed by atoms with E-state index in [1.165, 1.54) is 13.2 Å². The molecule has 0 amide bonds. The molecule has 1 heterocycles. The number of aldehydes is 1. The summed E-state index contributed by atoms with van der Waals surface area (Å²) in [5.41, 5.74) is -0.667. The third kappa shape index (κ3) is 2.07. The second-order valence-corrected chi connectivity index (χ2v) is 4.56. The van der Waals surface area contributed by atoms with Crippen LogP contribution in [0.4, 0.5) is 0 Å². The van der Waals surface area contributed by atoms with Gasteiger partial charge in [-0.2, -0.15) is 0 Å². The minimum Gasteiger partial charge on any atom is -0.367 e. The summed E-state index contributed by atoms with van der Waals surface area (Å²) in [7, 11) is 1.49. The highest BCUT2D eigenvalue weighted by molar-refractivity contribution is 6.34. The Bertz CT molecular complexity index is 531. The van der Waals surface area contributed by atoms with E-state index in [1.807, 2.05) is 0 Å². The number of aromatic nitrogens is 2. The number of halogens is 2. The second kappa shape index (κ2) is 5.18. The summed E-state index contributed by atoms with van der Waals surface area (Å²) in [6, 6.07) is 1.47. The van der Waals surface area contributed by atoms with Gasteiger partial charge >= 0.3 is 0 Å². The Morgan fingerprint density at radius 2 is 2.17 bits per heavy atom. The Hall–Kier alpha value is -1.23. The second-order valence-electron chi connectivity index (χ2n) is 3.77.